The van der Waals surface area contributed by atoms with Gasteiger partial charge in [0.2, 0.25) is 0 Å². The number of benzene rings is 1. The molecule has 1 N–H and O–H groups in total. The molecule has 26 heavy (non-hydrogen) atoms. The highest BCUT2D eigenvalue weighted by Gasteiger charge is 2.32. The van der Waals surface area contributed by atoms with Crippen molar-refractivity contribution in [3.63, 3.8) is 0 Å². The van der Waals surface area contributed by atoms with E-state index >= 15 is 0 Å². The largest absolute Gasteiger partial charge is 0.493 e. The minimum Gasteiger partial charge on any atom is -0.493 e. The lowest BCUT2D eigenvalue weighted by atomic mass is 10.1. The van der Waals surface area contributed by atoms with Crippen molar-refractivity contribution in [2.45, 2.75) is 0 Å². The zero-order valence-corrected chi connectivity index (χ0v) is 14.5. The van der Waals surface area contributed by atoms with E-state index in [0.717, 1.165) is 17.1 Å². The zero-order chi connectivity index (χ0) is 18.1. The number of nitrogens with one attached hydrogen (secondary N) is 1. The van der Waals surface area contributed by atoms with Crippen LogP contribution in [0.2, 0.25) is 0 Å². The van der Waals surface area contributed by atoms with Gasteiger partial charge in [-0.05, 0) is 24.3 Å². The molecule has 2 aliphatic heterocycles. The van der Waals surface area contributed by atoms with Gasteiger partial charge in [0.05, 0.1) is 26.5 Å². The van der Waals surface area contributed by atoms with Gasteiger partial charge in [-0.3, -0.25) is 14.8 Å². The molecule has 1 aromatic heterocycles. The molecule has 0 radical (unpaired) electrons. The molecule has 7 heteroatoms. The van der Waals surface area contributed by atoms with Crippen LogP contribution in [0, 0.1) is 0 Å². The van der Waals surface area contributed by atoms with Crippen LogP contribution in [0.1, 0.15) is 15.9 Å². The van der Waals surface area contributed by atoms with Gasteiger partial charge in [-0.1, -0.05) is 0 Å². The van der Waals surface area contributed by atoms with Crippen molar-refractivity contribution in [3.05, 3.63) is 59.7 Å². The number of carbonyl (C=O) groups is 1. The number of carbonyl (C=O) groups excluding carboxylic acids is 1. The monoisotopic (exact) mass is 350 g/mol. The van der Waals surface area contributed by atoms with E-state index in [1.165, 1.54) is 0 Å². The Morgan fingerprint density at radius 2 is 2.15 bits per heavy atom. The Morgan fingerprint density at radius 1 is 1.27 bits per heavy atom. The van der Waals surface area contributed by atoms with E-state index in [0.29, 0.717) is 36.0 Å². The number of hydrogen-bond donors (Lipinski definition) is 1. The van der Waals surface area contributed by atoms with Crippen molar-refractivity contribution in [1.29, 1.82) is 0 Å². The molecular formula is C19H18N4O3. The second-order valence-electron chi connectivity index (χ2n) is 5.84. The fraction of sp³-hybridized carbons (Fsp3) is 0.211. The van der Waals surface area contributed by atoms with Crippen molar-refractivity contribution in [2.24, 2.45) is 4.99 Å². The Morgan fingerprint density at radius 3 is 2.88 bits per heavy atom. The van der Waals surface area contributed by atoms with E-state index in [1.54, 1.807) is 44.8 Å². The van der Waals surface area contributed by atoms with Crippen LogP contribution in [0.25, 0.3) is 0 Å². The maximum Gasteiger partial charge on any atom is 0.191 e. The third-order valence-corrected chi connectivity index (χ3v) is 4.39. The summed E-state index contributed by atoms with van der Waals surface area (Å²) in [6.45, 7) is 1.38. The van der Waals surface area contributed by atoms with Gasteiger partial charge in [0.15, 0.2) is 17.3 Å². The summed E-state index contributed by atoms with van der Waals surface area (Å²) in [5, 5.41) is 3.32. The molecule has 0 unspecified atom stereocenters. The van der Waals surface area contributed by atoms with Gasteiger partial charge < -0.3 is 19.7 Å². The molecule has 0 fully saturated rings. The minimum absolute atomic E-state index is 0.128. The number of aromatic nitrogens is 1. The summed E-state index contributed by atoms with van der Waals surface area (Å²) >= 11 is 0. The Bertz CT molecular complexity index is 922. The van der Waals surface area contributed by atoms with Crippen LogP contribution in [0.15, 0.2) is 53.5 Å². The second-order valence-corrected chi connectivity index (χ2v) is 5.84. The molecule has 132 valence electrons. The molecule has 2 aromatic rings. The van der Waals surface area contributed by atoms with Gasteiger partial charge in [-0.25, -0.2) is 0 Å². The number of anilines is 1. The summed E-state index contributed by atoms with van der Waals surface area (Å²) in [4.78, 5) is 23.2. The topological polar surface area (TPSA) is 76.1 Å². The van der Waals surface area contributed by atoms with E-state index in [4.69, 9.17) is 9.47 Å². The lowest BCUT2D eigenvalue weighted by molar-refractivity contribution is 0.104. The number of ketones is 1. The van der Waals surface area contributed by atoms with Gasteiger partial charge >= 0.3 is 0 Å². The van der Waals surface area contributed by atoms with E-state index < -0.39 is 0 Å². The highest BCUT2D eigenvalue weighted by atomic mass is 16.5. The van der Waals surface area contributed by atoms with Crippen LogP contribution in [0.5, 0.6) is 11.5 Å². The van der Waals surface area contributed by atoms with E-state index in [1.807, 2.05) is 17.0 Å². The van der Waals surface area contributed by atoms with E-state index in [9.17, 15) is 4.79 Å². The third kappa shape index (κ3) is 2.57. The van der Waals surface area contributed by atoms with Crippen LogP contribution in [0.4, 0.5) is 5.69 Å². The first-order chi connectivity index (χ1) is 12.7. The predicted octanol–water partition coefficient (Wildman–Crippen LogP) is 2.31. The number of amidine groups is 1. The molecule has 0 saturated heterocycles. The molecular weight excluding hydrogens is 332 g/mol. The van der Waals surface area contributed by atoms with Crippen LogP contribution in [0.3, 0.4) is 0 Å². The molecule has 1 aromatic carbocycles. The Kier molecular flexibility index (Phi) is 4.04. The lowest BCUT2D eigenvalue weighted by Crippen LogP contribution is -2.36. The number of allylic oxidation sites excluding steroid dienone is 1. The van der Waals surface area contributed by atoms with Crippen molar-refractivity contribution in [2.75, 3.05) is 32.6 Å². The average Bonchev–Trinajstić information content (AvgIpc) is 3.18. The molecule has 0 atom stereocenters. The molecule has 0 aliphatic carbocycles. The lowest BCUT2D eigenvalue weighted by Gasteiger charge is -2.32. The summed E-state index contributed by atoms with van der Waals surface area (Å²) in [5.74, 6) is 2.55. The molecule has 2 aliphatic rings. The highest BCUT2D eigenvalue weighted by Crippen LogP contribution is 2.42. The minimum atomic E-state index is -0.128. The summed E-state index contributed by atoms with van der Waals surface area (Å²) in [5.41, 5.74) is 2.20. The first-order valence-electron chi connectivity index (χ1n) is 8.23. The number of nitrogens with zero attached hydrogens (tertiary/aromatic N) is 3. The third-order valence-electron chi connectivity index (χ3n) is 4.39. The van der Waals surface area contributed by atoms with Crippen molar-refractivity contribution in [1.82, 2.24) is 9.88 Å². The fourth-order valence-electron chi connectivity index (χ4n) is 3.18. The quantitative estimate of drug-likeness (QED) is 0.674. The normalized spacial score (nSPS) is 16.5. The van der Waals surface area contributed by atoms with Gasteiger partial charge in [-0.2, -0.15) is 0 Å². The maximum absolute atomic E-state index is 12.6. The Labute approximate surface area is 151 Å². The molecule has 4 rings (SSSR count). The zero-order valence-electron chi connectivity index (χ0n) is 14.5. The molecule has 0 saturated carbocycles. The van der Waals surface area contributed by atoms with Crippen molar-refractivity contribution in [3.8, 4) is 11.5 Å². The highest BCUT2D eigenvalue weighted by molar-refractivity contribution is 6.11. The SMILES string of the molecule is COc1ccc2c(c1OC)N/C(=C\C(=O)c1cccnc1)N1CCN=C21. The fourth-order valence-corrected chi connectivity index (χ4v) is 3.18. The molecule has 7 nitrogen and oxygen atoms in total. The van der Waals surface area contributed by atoms with E-state index in [-0.39, 0.29) is 5.78 Å². The van der Waals surface area contributed by atoms with Crippen LogP contribution < -0.4 is 14.8 Å². The molecule has 0 spiro atoms. The number of methoxy groups -OCH3 is 2. The number of aliphatic imine (C=N–C) groups is 1. The maximum atomic E-state index is 12.6. The number of fused-ring (bicyclic) bond motifs is 3. The van der Waals surface area contributed by atoms with Gasteiger partial charge in [0.25, 0.3) is 0 Å². The first-order valence-corrected chi connectivity index (χ1v) is 8.23. The summed E-state index contributed by atoms with van der Waals surface area (Å²) in [6.07, 6.45) is 4.76. The van der Waals surface area contributed by atoms with Crippen LogP contribution in [-0.2, 0) is 0 Å². The number of rotatable bonds is 4. The van der Waals surface area contributed by atoms with Gasteiger partial charge in [-0.15, -0.1) is 0 Å². The summed E-state index contributed by atoms with van der Waals surface area (Å²) in [7, 11) is 3.18. The number of ether oxygens (including phenoxy) is 2. The molecule has 0 amide bonds. The predicted molar refractivity (Wildman–Crippen MR) is 97.9 cm³/mol. The first kappa shape index (κ1) is 16.1. The molecule has 0 bridgehead atoms. The Hall–Kier alpha value is -3.35. The Balaban J connectivity index is 1.79. The smallest absolute Gasteiger partial charge is 0.191 e. The van der Waals surface area contributed by atoms with Crippen molar-refractivity contribution >= 4 is 17.3 Å². The van der Waals surface area contributed by atoms with Gasteiger partial charge in [0, 0.05) is 36.1 Å². The number of pyridine rings is 1. The molecule has 3 heterocycles. The summed E-state index contributed by atoms with van der Waals surface area (Å²) in [6, 6.07) is 7.28. The van der Waals surface area contributed by atoms with E-state index in [2.05, 4.69) is 15.3 Å². The van der Waals surface area contributed by atoms with Crippen molar-refractivity contribution < 1.29 is 14.3 Å². The van der Waals surface area contributed by atoms with Crippen LogP contribution >= 0.6 is 0 Å². The average molecular weight is 350 g/mol. The number of hydrogen-bond acceptors (Lipinski definition) is 7. The summed E-state index contributed by atoms with van der Waals surface area (Å²) < 4.78 is 10.9. The standard InChI is InChI=1S/C19H18N4O3/c1-25-15-6-5-13-17(18(15)26-2)22-16(23-9-8-21-19(13)23)10-14(24)12-4-3-7-20-11-12/h3-7,10-11,22H,8-9H2,1-2H3/b16-10+. The van der Waals surface area contributed by atoms with Gasteiger partial charge in [0.1, 0.15) is 11.7 Å². The second kappa shape index (κ2) is 6.51. The van der Waals surface area contributed by atoms with Crippen LogP contribution in [-0.4, -0.2) is 48.8 Å².